The third kappa shape index (κ3) is 5.46. The maximum Gasteiger partial charge on any atom is 0.164 e. The molecule has 10 nitrogen and oxygen atoms in total. The maximum absolute atomic E-state index is 9.27. The molecule has 2 aromatic carbocycles. The summed E-state index contributed by atoms with van der Waals surface area (Å²) in [5, 5.41) is 16.4. The first-order valence-corrected chi connectivity index (χ1v) is 15.4. The number of fused-ring (bicyclic) bond motifs is 2. The Morgan fingerprint density at radius 3 is 2.56 bits per heavy atom. The molecule has 10 heteroatoms. The second-order valence-corrected chi connectivity index (χ2v) is 11.9. The lowest BCUT2D eigenvalue weighted by molar-refractivity contribution is 0.0629. The van der Waals surface area contributed by atoms with Crippen molar-refractivity contribution in [1.82, 2.24) is 34.5 Å². The Bertz CT molecular complexity index is 1710. The van der Waals surface area contributed by atoms with Crippen LogP contribution >= 0.6 is 0 Å². The van der Waals surface area contributed by atoms with E-state index in [1.807, 2.05) is 18.2 Å². The molecule has 0 radical (unpaired) electrons. The summed E-state index contributed by atoms with van der Waals surface area (Å²) in [5.41, 5.74) is 12.5. The summed E-state index contributed by atoms with van der Waals surface area (Å²) in [7, 11) is 1.71. The Balaban J connectivity index is 1.13. The zero-order chi connectivity index (χ0) is 29.3. The molecular formula is C33H40N8O2. The number of nitrogen functional groups attached to an aromatic ring is 1. The number of anilines is 1. The van der Waals surface area contributed by atoms with Crippen molar-refractivity contribution < 1.29 is 9.84 Å². The molecule has 3 aromatic heterocycles. The van der Waals surface area contributed by atoms with E-state index in [2.05, 4.69) is 59.8 Å². The van der Waals surface area contributed by atoms with E-state index in [0.717, 1.165) is 115 Å². The minimum atomic E-state index is 0.239. The molecular weight excluding hydrogens is 540 g/mol. The molecule has 0 unspecified atom stereocenters. The zero-order valence-electron chi connectivity index (χ0n) is 24.7. The predicted octanol–water partition coefficient (Wildman–Crippen LogP) is 4.25. The highest BCUT2D eigenvalue weighted by Crippen LogP contribution is 2.38. The molecule has 4 heterocycles. The van der Waals surface area contributed by atoms with Crippen LogP contribution in [0.4, 0.5) is 5.82 Å². The van der Waals surface area contributed by atoms with Gasteiger partial charge in [0, 0.05) is 67.3 Å². The van der Waals surface area contributed by atoms with Crippen LogP contribution in [-0.4, -0.2) is 92.1 Å². The van der Waals surface area contributed by atoms with Gasteiger partial charge in [-0.2, -0.15) is 5.10 Å². The molecule has 0 spiro atoms. The molecule has 1 aliphatic heterocycles. The summed E-state index contributed by atoms with van der Waals surface area (Å²) in [6, 6.07) is 17.6. The van der Waals surface area contributed by atoms with Crippen LogP contribution in [0, 0.1) is 0 Å². The Hall–Kier alpha value is -3.99. The Labute approximate surface area is 251 Å². The Kier molecular flexibility index (Phi) is 7.73. The third-order valence-electron chi connectivity index (χ3n) is 9.39. The monoisotopic (exact) mass is 580 g/mol. The van der Waals surface area contributed by atoms with Crippen molar-refractivity contribution in [3.05, 3.63) is 66.1 Å². The molecule has 2 aliphatic rings. The van der Waals surface area contributed by atoms with Gasteiger partial charge in [0.25, 0.3) is 0 Å². The topological polar surface area (TPSA) is 121 Å². The van der Waals surface area contributed by atoms with Gasteiger partial charge in [-0.1, -0.05) is 24.3 Å². The number of piperazine rings is 1. The number of methoxy groups -OCH3 is 1. The number of aliphatic hydroxyl groups is 1. The zero-order valence-corrected chi connectivity index (χ0v) is 24.7. The van der Waals surface area contributed by atoms with Crippen molar-refractivity contribution in [2.45, 2.75) is 44.2 Å². The molecule has 2 fully saturated rings. The van der Waals surface area contributed by atoms with Crippen LogP contribution in [0.25, 0.3) is 33.2 Å². The van der Waals surface area contributed by atoms with E-state index in [1.54, 1.807) is 13.4 Å². The predicted molar refractivity (Wildman–Crippen MR) is 169 cm³/mol. The normalized spacial score (nSPS) is 20.2. The van der Waals surface area contributed by atoms with Crippen LogP contribution in [0.5, 0.6) is 5.75 Å². The number of para-hydroxylation sites is 1. The van der Waals surface area contributed by atoms with Crippen LogP contribution in [0.15, 0.2) is 54.9 Å². The highest BCUT2D eigenvalue weighted by molar-refractivity contribution is 6.00. The smallest absolute Gasteiger partial charge is 0.164 e. The molecule has 1 saturated carbocycles. The van der Waals surface area contributed by atoms with Gasteiger partial charge in [-0.15, -0.1) is 0 Å². The molecule has 43 heavy (non-hydrogen) atoms. The van der Waals surface area contributed by atoms with Crippen LogP contribution in [0.3, 0.4) is 0 Å². The van der Waals surface area contributed by atoms with E-state index in [0.29, 0.717) is 11.9 Å². The van der Waals surface area contributed by atoms with Gasteiger partial charge >= 0.3 is 0 Å². The fourth-order valence-electron chi connectivity index (χ4n) is 7.10. The number of aliphatic hydroxyl groups excluding tert-OH is 1. The highest BCUT2D eigenvalue weighted by atomic mass is 16.5. The number of hydrogen-bond donors (Lipinski definition) is 3. The average Bonchev–Trinajstić information content (AvgIpc) is 3.63. The van der Waals surface area contributed by atoms with Gasteiger partial charge < -0.3 is 20.6 Å². The van der Waals surface area contributed by atoms with Crippen molar-refractivity contribution in [2.24, 2.45) is 0 Å². The Morgan fingerprint density at radius 2 is 1.77 bits per heavy atom. The maximum atomic E-state index is 9.27. The number of rotatable bonds is 8. The number of benzene rings is 2. The van der Waals surface area contributed by atoms with Crippen molar-refractivity contribution in [3.63, 3.8) is 0 Å². The van der Waals surface area contributed by atoms with E-state index in [1.165, 1.54) is 0 Å². The van der Waals surface area contributed by atoms with E-state index in [9.17, 15) is 5.11 Å². The van der Waals surface area contributed by atoms with Crippen LogP contribution in [0.1, 0.15) is 43.0 Å². The number of nitrogens with zero attached hydrogens (tertiary/aromatic N) is 6. The molecule has 0 amide bonds. The number of β-amino-alcohol motifs (C(OH)–C–C–N with tert-alkyl or cyclic N) is 1. The van der Waals surface area contributed by atoms with E-state index in [-0.39, 0.29) is 12.6 Å². The van der Waals surface area contributed by atoms with E-state index in [4.69, 9.17) is 15.6 Å². The molecule has 4 N–H and O–H groups in total. The van der Waals surface area contributed by atoms with E-state index >= 15 is 0 Å². The summed E-state index contributed by atoms with van der Waals surface area (Å²) in [4.78, 5) is 17.6. The fourth-order valence-corrected chi connectivity index (χ4v) is 7.10. The SMILES string of the molecule is COc1ccccc1Cc1cc2cc(-c3nn(C4CCC(N5CCN(CCO)CC5)CC4)c4ncnc(N)c34)ccc2[nH]1. The summed E-state index contributed by atoms with van der Waals surface area (Å²) >= 11 is 0. The molecule has 1 saturated heterocycles. The molecule has 7 rings (SSSR count). The van der Waals surface area contributed by atoms with Gasteiger partial charge in [0.15, 0.2) is 5.65 Å². The summed E-state index contributed by atoms with van der Waals surface area (Å²) < 4.78 is 7.68. The van der Waals surface area contributed by atoms with Gasteiger partial charge in [0.2, 0.25) is 0 Å². The quantitative estimate of drug-likeness (QED) is 0.249. The second kappa shape index (κ2) is 11.9. The Morgan fingerprint density at radius 1 is 0.977 bits per heavy atom. The van der Waals surface area contributed by atoms with Gasteiger partial charge in [0.1, 0.15) is 23.6 Å². The largest absolute Gasteiger partial charge is 0.496 e. The minimum Gasteiger partial charge on any atom is -0.496 e. The molecule has 1 aliphatic carbocycles. The summed E-state index contributed by atoms with van der Waals surface area (Å²) in [6.45, 7) is 5.26. The molecule has 0 atom stereocenters. The molecule has 0 bridgehead atoms. The van der Waals surface area contributed by atoms with Gasteiger partial charge in [0.05, 0.1) is 25.1 Å². The number of H-pyrrole nitrogens is 1. The van der Waals surface area contributed by atoms with E-state index < -0.39 is 0 Å². The van der Waals surface area contributed by atoms with Gasteiger partial charge in [-0.3, -0.25) is 9.80 Å². The number of aromatic amines is 1. The number of aromatic nitrogens is 5. The molecule has 224 valence electrons. The van der Waals surface area contributed by atoms with Crippen LogP contribution in [-0.2, 0) is 6.42 Å². The van der Waals surface area contributed by atoms with Gasteiger partial charge in [-0.25, -0.2) is 14.6 Å². The minimum absolute atomic E-state index is 0.239. The number of ether oxygens (including phenoxy) is 1. The lowest BCUT2D eigenvalue weighted by Gasteiger charge is -2.41. The standard InChI is InChI=1S/C33H40N8O2/c1-43-29-5-3-2-4-22(29)19-25-20-24-18-23(6-11-28(24)37-25)31-30-32(34)35-21-36-33(30)41(38-31)27-9-7-26(8-10-27)40-14-12-39(13-15-40)16-17-42/h2-6,11,18,20-21,26-27,37,42H,7-10,12-17,19H2,1H3,(H2,34,35,36). The van der Waals surface area contributed by atoms with Crippen LogP contribution in [0.2, 0.25) is 0 Å². The first-order chi connectivity index (χ1) is 21.1. The number of nitrogens with one attached hydrogen (secondary N) is 1. The first-order valence-electron chi connectivity index (χ1n) is 15.4. The van der Waals surface area contributed by atoms with Crippen molar-refractivity contribution in [3.8, 4) is 17.0 Å². The van der Waals surface area contributed by atoms with Crippen molar-refractivity contribution >= 4 is 27.8 Å². The average molecular weight is 581 g/mol. The molecule has 5 aromatic rings. The second-order valence-electron chi connectivity index (χ2n) is 11.9. The number of nitrogens with two attached hydrogens (primary N) is 1. The fraction of sp³-hybridized carbons (Fsp3) is 0.424. The lowest BCUT2D eigenvalue weighted by atomic mass is 9.90. The summed E-state index contributed by atoms with van der Waals surface area (Å²) in [6.07, 6.45) is 6.72. The third-order valence-corrected chi connectivity index (χ3v) is 9.39. The van der Waals surface area contributed by atoms with Crippen LogP contribution < -0.4 is 10.5 Å². The first kappa shape index (κ1) is 27.8. The lowest BCUT2D eigenvalue weighted by Crippen LogP contribution is -2.51. The van der Waals surface area contributed by atoms with Crippen molar-refractivity contribution in [2.75, 3.05) is 52.2 Å². The highest BCUT2D eigenvalue weighted by Gasteiger charge is 2.31. The number of hydrogen-bond acceptors (Lipinski definition) is 8. The summed E-state index contributed by atoms with van der Waals surface area (Å²) in [5.74, 6) is 1.36. The van der Waals surface area contributed by atoms with Crippen molar-refractivity contribution in [1.29, 1.82) is 0 Å². The van der Waals surface area contributed by atoms with Gasteiger partial charge in [-0.05, 0) is 55.5 Å².